The molecular weight excluding hydrogens is 236 g/mol. The van der Waals surface area contributed by atoms with Gasteiger partial charge in [-0.15, -0.1) is 11.3 Å². The van der Waals surface area contributed by atoms with E-state index in [4.69, 9.17) is 15.2 Å². The normalized spacial score (nSPS) is 10.2. The highest BCUT2D eigenvalue weighted by atomic mass is 32.1. The molecule has 0 aliphatic heterocycles. The monoisotopic (exact) mass is 250 g/mol. The topological polar surface area (TPSA) is 57.4 Å². The number of hydrogen-bond donors (Lipinski definition) is 1. The summed E-state index contributed by atoms with van der Waals surface area (Å²) in [7, 11) is 1.62. The van der Waals surface area contributed by atoms with Crippen molar-refractivity contribution in [2.45, 2.75) is 13.2 Å². The molecule has 0 fully saturated rings. The minimum Gasteiger partial charge on any atom is -0.493 e. The van der Waals surface area contributed by atoms with Crippen LogP contribution in [0.4, 0.5) is 0 Å². The molecule has 0 amide bonds. The zero-order valence-electron chi connectivity index (χ0n) is 9.55. The third-order valence-corrected chi connectivity index (χ3v) is 3.10. The highest BCUT2D eigenvalue weighted by molar-refractivity contribution is 7.09. The molecule has 0 unspecified atom stereocenters. The molecule has 4 nitrogen and oxygen atoms in total. The van der Waals surface area contributed by atoms with Gasteiger partial charge in [-0.25, -0.2) is 4.98 Å². The Labute approximate surface area is 104 Å². The minimum absolute atomic E-state index is 0.436. The highest BCUT2D eigenvalue weighted by Crippen LogP contribution is 2.26. The van der Waals surface area contributed by atoms with Gasteiger partial charge in [0.15, 0.2) is 11.5 Å². The summed E-state index contributed by atoms with van der Waals surface area (Å²) in [6, 6.07) is 7.55. The highest BCUT2D eigenvalue weighted by Gasteiger charge is 2.05. The molecule has 90 valence electrons. The number of hydrogen-bond acceptors (Lipinski definition) is 5. The molecule has 0 saturated carbocycles. The summed E-state index contributed by atoms with van der Waals surface area (Å²) < 4.78 is 10.9. The number of rotatable bonds is 5. The number of methoxy groups -OCH3 is 1. The molecule has 17 heavy (non-hydrogen) atoms. The fourth-order valence-electron chi connectivity index (χ4n) is 1.39. The second kappa shape index (κ2) is 5.65. The third-order valence-electron chi connectivity index (χ3n) is 2.23. The van der Waals surface area contributed by atoms with Gasteiger partial charge in [-0.05, 0) is 12.1 Å². The molecule has 0 atom stereocenters. The van der Waals surface area contributed by atoms with Gasteiger partial charge < -0.3 is 15.2 Å². The summed E-state index contributed by atoms with van der Waals surface area (Å²) >= 11 is 1.55. The molecule has 2 rings (SSSR count). The second-order valence-corrected chi connectivity index (χ2v) is 4.32. The number of aromatic nitrogens is 1. The first-order chi connectivity index (χ1) is 8.33. The van der Waals surface area contributed by atoms with E-state index in [0.29, 0.717) is 13.2 Å². The Morgan fingerprint density at radius 2 is 2.06 bits per heavy atom. The minimum atomic E-state index is 0.436. The maximum atomic E-state index is 5.65. The zero-order chi connectivity index (χ0) is 12.1. The molecule has 1 aromatic carbocycles. The van der Waals surface area contributed by atoms with E-state index in [1.165, 1.54) is 0 Å². The lowest BCUT2D eigenvalue weighted by atomic mass is 10.3. The summed E-state index contributed by atoms with van der Waals surface area (Å²) in [6.07, 6.45) is 0. The molecule has 1 aromatic heterocycles. The maximum Gasteiger partial charge on any atom is 0.161 e. The van der Waals surface area contributed by atoms with Gasteiger partial charge in [-0.3, -0.25) is 0 Å². The first-order valence-corrected chi connectivity index (χ1v) is 6.10. The molecule has 0 radical (unpaired) electrons. The molecule has 5 heteroatoms. The molecule has 0 bridgehead atoms. The van der Waals surface area contributed by atoms with Crippen LogP contribution in [0.1, 0.15) is 10.7 Å². The van der Waals surface area contributed by atoms with Gasteiger partial charge in [-0.1, -0.05) is 12.1 Å². The van der Waals surface area contributed by atoms with E-state index in [2.05, 4.69) is 4.98 Å². The molecule has 0 saturated heterocycles. The predicted octanol–water partition coefficient (Wildman–Crippen LogP) is 2.19. The first kappa shape index (κ1) is 11.9. The van der Waals surface area contributed by atoms with Crippen LogP contribution in [0.3, 0.4) is 0 Å². The Bertz CT molecular complexity index is 485. The molecule has 0 aliphatic carbocycles. The average Bonchev–Trinajstić information content (AvgIpc) is 2.84. The Hall–Kier alpha value is -1.59. The van der Waals surface area contributed by atoms with Crippen molar-refractivity contribution >= 4 is 11.3 Å². The largest absolute Gasteiger partial charge is 0.493 e. The predicted molar refractivity (Wildman–Crippen MR) is 67.3 cm³/mol. The van der Waals surface area contributed by atoms with Crippen LogP contribution in [0.25, 0.3) is 0 Å². The van der Waals surface area contributed by atoms with Gasteiger partial charge in [0.1, 0.15) is 11.6 Å². The van der Waals surface area contributed by atoms with E-state index in [-0.39, 0.29) is 0 Å². The SMILES string of the molecule is COc1ccccc1OCc1nc(CN)cs1. The van der Waals surface area contributed by atoms with Crippen LogP contribution in [0.5, 0.6) is 11.5 Å². The lowest BCUT2D eigenvalue weighted by Crippen LogP contribution is -1.99. The molecule has 2 N–H and O–H groups in total. The smallest absolute Gasteiger partial charge is 0.161 e. The standard InChI is InChI=1S/C12H14N2O2S/c1-15-10-4-2-3-5-11(10)16-7-12-14-9(6-13)8-17-12/h2-5,8H,6-7,13H2,1H3. The Morgan fingerprint density at radius 3 is 2.71 bits per heavy atom. The Kier molecular flexibility index (Phi) is 3.95. The number of nitrogens with zero attached hydrogens (tertiary/aromatic N) is 1. The van der Waals surface area contributed by atoms with E-state index < -0.39 is 0 Å². The molecular formula is C12H14N2O2S. The van der Waals surface area contributed by atoms with Gasteiger partial charge in [-0.2, -0.15) is 0 Å². The fraction of sp³-hybridized carbons (Fsp3) is 0.250. The van der Waals surface area contributed by atoms with Gasteiger partial charge in [0.25, 0.3) is 0 Å². The van der Waals surface area contributed by atoms with Crippen molar-refractivity contribution < 1.29 is 9.47 Å². The number of benzene rings is 1. The summed E-state index contributed by atoms with van der Waals surface area (Å²) in [5, 5.41) is 2.86. The number of nitrogens with two attached hydrogens (primary N) is 1. The van der Waals surface area contributed by atoms with Crippen molar-refractivity contribution in [3.8, 4) is 11.5 Å². The van der Waals surface area contributed by atoms with Crippen LogP contribution < -0.4 is 15.2 Å². The van der Waals surface area contributed by atoms with Crippen LogP contribution in [0, 0.1) is 0 Å². The molecule has 0 spiro atoms. The van der Waals surface area contributed by atoms with Crippen molar-refractivity contribution in [2.75, 3.05) is 7.11 Å². The van der Waals surface area contributed by atoms with Crippen LogP contribution in [0.2, 0.25) is 0 Å². The van der Waals surface area contributed by atoms with E-state index in [9.17, 15) is 0 Å². The molecule has 0 aliphatic rings. The maximum absolute atomic E-state index is 5.65. The quantitative estimate of drug-likeness (QED) is 0.883. The lowest BCUT2D eigenvalue weighted by molar-refractivity contribution is 0.284. The van der Waals surface area contributed by atoms with Crippen LogP contribution in [-0.2, 0) is 13.2 Å². The van der Waals surface area contributed by atoms with Crippen LogP contribution in [-0.4, -0.2) is 12.1 Å². The average molecular weight is 250 g/mol. The van der Waals surface area contributed by atoms with Crippen molar-refractivity contribution in [2.24, 2.45) is 5.73 Å². The lowest BCUT2D eigenvalue weighted by Gasteiger charge is -2.08. The summed E-state index contributed by atoms with van der Waals surface area (Å²) in [5.74, 6) is 1.45. The third kappa shape index (κ3) is 2.95. The number of para-hydroxylation sites is 2. The van der Waals surface area contributed by atoms with Crippen molar-refractivity contribution in [3.63, 3.8) is 0 Å². The van der Waals surface area contributed by atoms with Crippen molar-refractivity contribution in [1.29, 1.82) is 0 Å². The number of ether oxygens (including phenoxy) is 2. The van der Waals surface area contributed by atoms with E-state index >= 15 is 0 Å². The van der Waals surface area contributed by atoms with Crippen molar-refractivity contribution in [1.82, 2.24) is 4.98 Å². The fourth-order valence-corrected chi connectivity index (χ4v) is 2.10. The summed E-state index contributed by atoms with van der Waals surface area (Å²) in [5.41, 5.74) is 6.40. The summed E-state index contributed by atoms with van der Waals surface area (Å²) in [6.45, 7) is 0.899. The van der Waals surface area contributed by atoms with Crippen LogP contribution in [0.15, 0.2) is 29.6 Å². The number of thiazole rings is 1. The summed E-state index contributed by atoms with van der Waals surface area (Å²) in [4.78, 5) is 4.33. The Balaban J connectivity index is 2.01. The first-order valence-electron chi connectivity index (χ1n) is 5.22. The molecule has 2 aromatic rings. The van der Waals surface area contributed by atoms with E-state index in [1.807, 2.05) is 29.6 Å². The van der Waals surface area contributed by atoms with Gasteiger partial charge in [0, 0.05) is 11.9 Å². The van der Waals surface area contributed by atoms with Gasteiger partial charge in [0.05, 0.1) is 12.8 Å². The van der Waals surface area contributed by atoms with Crippen LogP contribution >= 0.6 is 11.3 Å². The van der Waals surface area contributed by atoms with Crippen molar-refractivity contribution in [3.05, 3.63) is 40.3 Å². The zero-order valence-corrected chi connectivity index (χ0v) is 10.4. The Morgan fingerprint density at radius 1 is 1.29 bits per heavy atom. The second-order valence-electron chi connectivity index (χ2n) is 3.38. The molecule has 1 heterocycles. The van der Waals surface area contributed by atoms with E-state index in [1.54, 1.807) is 18.4 Å². The van der Waals surface area contributed by atoms with Gasteiger partial charge in [0.2, 0.25) is 0 Å². The van der Waals surface area contributed by atoms with E-state index in [0.717, 1.165) is 22.2 Å². The van der Waals surface area contributed by atoms with Gasteiger partial charge >= 0.3 is 0 Å².